The first-order chi connectivity index (χ1) is 69.6. The van der Waals surface area contributed by atoms with Crippen molar-refractivity contribution in [2.24, 2.45) is 0 Å². The van der Waals surface area contributed by atoms with Crippen LogP contribution in [0.25, 0.3) is 235 Å². The second kappa shape index (κ2) is 41.1. The van der Waals surface area contributed by atoms with E-state index in [9.17, 15) is 0 Å². The van der Waals surface area contributed by atoms with Crippen LogP contribution in [-0.4, -0.2) is 92.9 Å². The number of nitrogens with zero attached hydrogens (tertiary/aromatic N) is 9. The van der Waals surface area contributed by atoms with E-state index in [0.29, 0.717) is 52.4 Å². The molecule has 24 rings (SSSR count). The number of benzene rings is 21. The second-order valence-electron chi connectivity index (χ2n) is 34.3. The van der Waals surface area contributed by atoms with Gasteiger partial charge in [-0.3, -0.25) is 0 Å². The first-order valence-corrected chi connectivity index (χ1v) is 49.6. The van der Waals surface area contributed by atoms with Gasteiger partial charge in [0.05, 0.1) is 0 Å². The summed E-state index contributed by atoms with van der Waals surface area (Å²) in [6.07, 6.45) is 0. The molecule has 0 radical (unpaired) electrons. The Labute approximate surface area is 843 Å². The van der Waals surface area contributed by atoms with Crippen molar-refractivity contribution in [2.75, 3.05) is 0 Å². The normalized spacial score (nSPS) is 11.1. The zero-order valence-electron chi connectivity index (χ0n) is 76.4. The summed E-state index contributed by atoms with van der Waals surface area (Å²) in [5.74, 6) is 5.86. The molecule has 0 bridgehead atoms. The van der Waals surface area contributed by atoms with E-state index < -0.39 is 0 Å². The molecule has 0 aliphatic heterocycles. The van der Waals surface area contributed by atoms with E-state index in [2.05, 4.69) is 376 Å². The Morgan fingerprint density at radius 1 is 0.121 bits per heavy atom. The number of hydrogen-bond donors (Lipinski definition) is 0. The van der Waals surface area contributed by atoms with Gasteiger partial charge in [-0.05, 0) is 0 Å². The van der Waals surface area contributed by atoms with Crippen molar-refractivity contribution in [3.8, 4) is 203 Å². The maximum absolute atomic E-state index is 5.10. The Morgan fingerprint density at radius 3 is 0.702 bits per heavy atom. The topological polar surface area (TPSA) is 116 Å². The fourth-order valence-corrected chi connectivity index (χ4v) is 20.7. The Bertz CT molecular complexity index is 8480. The molecular weight excluding hydrogens is 1910 g/mol. The van der Waals surface area contributed by atoms with E-state index in [1.807, 2.05) is 182 Å². The molecule has 0 unspecified atom stereocenters. The number of rotatable bonds is 18. The number of hydrogen-bond acceptors (Lipinski definition) is 9. The van der Waals surface area contributed by atoms with E-state index >= 15 is 0 Å². The van der Waals surface area contributed by atoms with Crippen LogP contribution in [0, 0.1) is 0 Å². The SMILES string of the molecule is [SeH]c1c(-c2cccc(-c3ccccc3)c2)cccc1-c1cc(-c2nc(-c3ccccc3)nc(-c3ccccc3)n2)c2ccccc2c1.[SeH]c1c(-c2cccc(-c3ccccc3)c2)cccc1-c1ccc2c(-c3nc(-c4ccccc4)nc(-c4ccccc4)n3)cccc2c1.[SeH]c1cccc(-c2cc(-c3nc(-c4ccccc4)nc(-c4ccccc4)n3)c3ccccc3c2)c1-c1cccc(-c2ccccc2)c1. The van der Waals surface area contributed by atoms with Gasteiger partial charge in [-0.1, -0.05) is 48.5 Å². The van der Waals surface area contributed by atoms with Gasteiger partial charge >= 0.3 is 802 Å². The minimum atomic E-state index is 0.645. The van der Waals surface area contributed by atoms with E-state index in [1.54, 1.807) is 0 Å². The average molecular weight is 2000 g/mol. The molecule has 0 spiro atoms. The summed E-state index contributed by atoms with van der Waals surface area (Å²) in [5, 5.41) is 6.68. The van der Waals surface area contributed by atoms with Gasteiger partial charge in [-0.25, -0.2) is 0 Å². The minimum absolute atomic E-state index is 0.645. The van der Waals surface area contributed by atoms with Crippen molar-refractivity contribution in [2.45, 2.75) is 0 Å². The third kappa shape index (κ3) is 19.5. The van der Waals surface area contributed by atoms with Crippen LogP contribution in [0.15, 0.2) is 510 Å². The molecule has 21 aromatic carbocycles. The molecule has 141 heavy (non-hydrogen) atoms. The Kier molecular flexibility index (Phi) is 26.0. The predicted octanol–water partition coefficient (Wildman–Crippen LogP) is 28.7. The van der Waals surface area contributed by atoms with E-state index in [0.717, 1.165) is 119 Å². The van der Waals surface area contributed by atoms with Crippen LogP contribution < -0.4 is 13.4 Å². The third-order valence-electron chi connectivity index (χ3n) is 25.3. The summed E-state index contributed by atoms with van der Waals surface area (Å²) >= 11 is 8.40. The maximum atomic E-state index is 5.10. The molecule has 0 saturated heterocycles. The zero-order chi connectivity index (χ0) is 94.7. The number of aromatic nitrogens is 9. The molecule has 3 heterocycles. The summed E-state index contributed by atoms with van der Waals surface area (Å²) in [6, 6.07) is 177. The van der Waals surface area contributed by atoms with Crippen molar-refractivity contribution in [3.05, 3.63) is 510 Å². The number of fused-ring (bicyclic) bond motifs is 3. The van der Waals surface area contributed by atoms with Gasteiger partial charge in [0.1, 0.15) is 0 Å². The Hall–Kier alpha value is -17.0. The van der Waals surface area contributed by atoms with E-state index in [-0.39, 0.29) is 0 Å². The van der Waals surface area contributed by atoms with E-state index in [4.69, 9.17) is 44.9 Å². The van der Waals surface area contributed by atoms with Crippen LogP contribution in [0.5, 0.6) is 0 Å². The van der Waals surface area contributed by atoms with Gasteiger partial charge in [-0.15, -0.1) is 0 Å². The molecule has 12 heteroatoms. The molecule has 666 valence electrons. The molecule has 24 aromatic rings. The fourth-order valence-electron chi connectivity index (χ4n) is 18.3. The van der Waals surface area contributed by atoms with Gasteiger partial charge in [0.25, 0.3) is 0 Å². The van der Waals surface area contributed by atoms with Crippen molar-refractivity contribution >= 4 is 93.7 Å². The molecule has 0 aliphatic carbocycles. The standard InChI is InChI=1S/3C43H29N3Se/c47-40-37(34-20-10-19-32(27-34)29-13-4-1-5-14-29)22-12-23-38(40)35-25-26-36-33(28-35)21-11-24-39(36)43-45-41(30-15-6-2-7-16-30)44-42(46-43)31-17-8-3-9-18-31;47-39-25-13-24-37(40(39)34-22-12-21-32(26-34)29-14-4-1-5-15-29)35-27-33-20-10-11-23-36(33)38(28-35)43-45-41(30-16-6-2-7-17-30)44-42(46-43)31-18-8-3-9-19-31;47-40-37(34-22-12-21-32(26-34)29-14-4-1-5-15-29)24-13-25-38(40)35-27-33-20-10-11-23-36(33)39(28-35)43-45-41(30-16-6-2-7-17-30)44-42(46-43)31-18-8-3-9-19-31/h3*1-28,47H. The van der Waals surface area contributed by atoms with Gasteiger partial charge in [-0.2, -0.15) is 0 Å². The van der Waals surface area contributed by atoms with Crippen LogP contribution in [0.1, 0.15) is 0 Å². The molecule has 0 amide bonds. The molecule has 0 N–H and O–H groups in total. The molecule has 0 saturated carbocycles. The van der Waals surface area contributed by atoms with Crippen LogP contribution in [-0.2, 0) is 0 Å². The van der Waals surface area contributed by atoms with Gasteiger partial charge < -0.3 is 0 Å². The summed E-state index contributed by atoms with van der Waals surface area (Å²) in [4.78, 5) is 45.1. The molecular formula is C129H87N9Se3. The van der Waals surface area contributed by atoms with Gasteiger partial charge in [0.2, 0.25) is 0 Å². The molecule has 0 fully saturated rings. The van der Waals surface area contributed by atoms with Crippen LogP contribution >= 0.6 is 0 Å². The molecule has 3 aromatic heterocycles. The summed E-state index contributed by atoms with van der Waals surface area (Å²) in [6.45, 7) is 0. The molecule has 0 atom stereocenters. The third-order valence-corrected chi connectivity index (χ3v) is 28.1. The molecule has 0 aliphatic rings. The summed E-state index contributed by atoms with van der Waals surface area (Å²) < 4.78 is 3.52. The average Bonchev–Trinajstić information content (AvgIpc) is 0.765. The quantitative estimate of drug-likeness (QED) is 0.0774. The van der Waals surface area contributed by atoms with Gasteiger partial charge in [0, 0.05) is 0 Å². The van der Waals surface area contributed by atoms with Gasteiger partial charge in [0.15, 0.2) is 0 Å². The first-order valence-electron chi connectivity index (χ1n) is 46.8. The Morgan fingerprint density at radius 2 is 0.340 bits per heavy atom. The van der Waals surface area contributed by atoms with Crippen molar-refractivity contribution in [1.82, 2.24) is 44.9 Å². The van der Waals surface area contributed by atoms with Crippen molar-refractivity contribution in [3.63, 3.8) is 0 Å². The van der Waals surface area contributed by atoms with Crippen molar-refractivity contribution in [1.29, 1.82) is 0 Å². The van der Waals surface area contributed by atoms with Crippen LogP contribution in [0.4, 0.5) is 0 Å². The first kappa shape index (κ1) is 89.2. The zero-order valence-corrected chi connectivity index (χ0v) is 82.0. The van der Waals surface area contributed by atoms with Crippen LogP contribution in [0.2, 0.25) is 0 Å². The van der Waals surface area contributed by atoms with E-state index in [1.165, 1.54) is 76.8 Å². The predicted molar refractivity (Wildman–Crippen MR) is 590 cm³/mol. The van der Waals surface area contributed by atoms with Crippen LogP contribution in [0.3, 0.4) is 0 Å². The molecule has 9 nitrogen and oxygen atoms in total. The summed E-state index contributed by atoms with van der Waals surface area (Å²) in [5.41, 5.74) is 29.9. The monoisotopic (exact) mass is 2000 g/mol. The van der Waals surface area contributed by atoms with Crippen molar-refractivity contribution < 1.29 is 0 Å². The fraction of sp³-hybridized carbons (Fsp3) is 0. The second-order valence-corrected chi connectivity index (χ2v) is 37.2. The summed E-state index contributed by atoms with van der Waals surface area (Å²) in [7, 11) is 0. The Balaban J connectivity index is 0.000000121.